The van der Waals surface area contributed by atoms with Gasteiger partial charge in [0.15, 0.2) is 0 Å². The van der Waals surface area contributed by atoms with Gasteiger partial charge >= 0.3 is 0 Å². The number of amides is 1. The molecule has 0 heterocycles. The SMILES string of the molecule is CC(=O)Nc1ccc(NC(=S)CC(=S)Nc2ccccc2)cc1. The summed E-state index contributed by atoms with van der Waals surface area (Å²) in [4.78, 5) is 12.3. The number of carbonyl (C=O) groups is 1. The van der Waals surface area contributed by atoms with Crippen LogP contribution in [0.2, 0.25) is 0 Å². The third-order valence-electron chi connectivity index (χ3n) is 2.87. The first-order valence-electron chi connectivity index (χ1n) is 7.05. The minimum atomic E-state index is -0.0986. The average molecular weight is 343 g/mol. The molecule has 0 spiro atoms. The van der Waals surface area contributed by atoms with Gasteiger partial charge in [-0.25, -0.2) is 0 Å². The molecule has 2 aromatic carbocycles. The fourth-order valence-electron chi connectivity index (χ4n) is 1.92. The predicted octanol–water partition coefficient (Wildman–Crippen LogP) is 4.21. The van der Waals surface area contributed by atoms with Crippen molar-refractivity contribution in [2.24, 2.45) is 0 Å². The van der Waals surface area contributed by atoms with E-state index in [-0.39, 0.29) is 5.91 Å². The first-order valence-corrected chi connectivity index (χ1v) is 7.87. The van der Waals surface area contributed by atoms with Crippen LogP contribution in [0.3, 0.4) is 0 Å². The molecule has 0 aliphatic carbocycles. The minimum absolute atomic E-state index is 0.0986. The number of thiocarbonyl (C=S) groups is 2. The molecule has 23 heavy (non-hydrogen) atoms. The lowest BCUT2D eigenvalue weighted by atomic mass is 10.2. The van der Waals surface area contributed by atoms with E-state index in [1.54, 1.807) is 0 Å². The second kappa shape index (κ2) is 8.36. The molecule has 0 aliphatic heterocycles. The lowest BCUT2D eigenvalue weighted by Crippen LogP contribution is -2.18. The predicted molar refractivity (Wildman–Crippen MR) is 104 cm³/mol. The zero-order valence-electron chi connectivity index (χ0n) is 12.6. The Labute approximate surface area is 146 Å². The summed E-state index contributed by atoms with van der Waals surface area (Å²) in [5.74, 6) is -0.0986. The van der Waals surface area contributed by atoms with Crippen LogP contribution in [0.4, 0.5) is 17.1 Å². The molecule has 0 saturated heterocycles. The standard InChI is InChI=1S/C17H17N3OS2/c1-12(21)18-14-7-9-15(10-8-14)20-17(23)11-16(22)19-13-5-3-2-4-6-13/h2-10H,11H2,1H3,(H,18,21)(H,19,22)(H,20,23). The minimum Gasteiger partial charge on any atom is -0.350 e. The van der Waals surface area contributed by atoms with Crippen molar-refractivity contribution in [1.29, 1.82) is 0 Å². The van der Waals surface area contributed by atoms with Crippen LogP contribution in [-0.4, -0.2) is 15.9 Å². The van der Waals surface area contributed by atoms with Crippen molar-refractivity contribution in [2.45, 2.75) is 13.3 Å². The van der Waals surface area contributed by atoms with Gasteiger partial charge in [0, 0.05) is 30.4 Å². The Hall–Kier alpha value is -2.31. The van der Waals surface area contributed by atoms with E-state index < -0.39 is 0 Å². The molecule has 3 N–H and O–H groups in total. The van der Waals surface area contributed by atoms with Gasteiger partial charge < -0.3 is 16.0 Å². The Kier molecular flexibility index (Phi) is 6.19. The molecular formula is C17H17N3OS2. The smallest absolute Gasteiger partial charge is 0.221 e. The monoisotopic (exact) mass is 343 g/mol. The van der Waals surface area contributed by atoms with E-state index in [2.05, 4.69) is 16.0 Å². The molecular weight excluding hydrogens is 326 g/mol. The molecule has 1 amide bonds. The van der Waals surface area contributed by atoms with Crippen molar-refractivity contribution in [1.82, 2.24) is 0 Å². The highest BCUT2D eigenvalue weighted by molar-refractivity contribution is 7.82. The van der Waals surface area contributed by atoms with E-state index in [1.807, 2.05) is 54.6 Å². The Morgan fingerprint density at radius 3 is 1.70 bits per heavy atom. The maximum atomic E-state index is 11.0. The van der Waals surface area contributed by atoms with Crippen LogP contribution < -0.4 is 16.0 Å². The maximum absolute atomic E-state index is 11.0. The largest absolute Gasteiger partial charge is 0.350 e. The molecule has 0 unspecified atom stereocenters. The van der Waals surface area contributed by atoms with Gasteiger partial charge in [0.25, 0.3) is 0 Å². The van der Waals surface area contributed by atoms with E-state index in [0.29, 0.717) is 16.4 Å². The highest BCUT2D eigenvalue weighted by Gasteiger charge is 2.04. The summed E-state index contributed by atoms with van der Waals surface area (Å²) >= 11 is 10.6. The second-order valence-electron chi connectivity index (χ2n) is 4.90. The fourth-order valence-corrected chi connectivity index (χ4v) is 2.53. The van der Waals surface area contributed by atoms with Crippen LogP contribution in [0, 0.1) is 0 Å². The third kappa shape index (κ3) is 6.14. The lowest BCUT2D eigenvalue weighted by Gasteiger charge is -2.11. The quantitative estimate of drug-likeness (QED) is 0.710. The number of para-hydroxylation sites is 1. The Bertz CT molecular complexity index is 700. The number of rotatable bonds is 5. The number of nitrogens with one attached hydrogen (secondary N) is 3. The Morgan fingerprint density at radius 1 is 0.783 bits per heavy atom. The van der Waals surface area contributed by atoms with Crippen molar-refractivity contribution in [2.75, 3.05) is 16.0 Å². The van der Waals surface area contributed by atoms with Gasteiger partial charge in [0.2, 0.25) is 5.91 Å². The van der Waals surface area contributed by atoms with Crippen molar-refractivity contribution in [3.05, 3.63) is 54.6 Å². The molecule has 4 nitrogen and oxygen atoms in total. The molecule has 0 aromatic heterocycles. The number of hydrogen-bond acceptors (Lipinski definition) is 3. The van der Waals surface area contributed by atoms with E-state index in [4.69, 9.17) is 24.4 Å². The number of carbonyl (C=O) groups excluding carboxylic acids is 1. The summed E-state index contributed by atoms with van der Waals surface area (Å²) < 4.78 is 0. The summed E-state index contributed by atoms with van der Waals surface area (Å²) in [6.07, 6.45) is 0.465. The zero-order chi connectivity index (χ0) is 16.7. The van der Waals surface area contributed by atoms with Crippen LogP contribution in [0.25, 0.3) is 0 Å². The summed E-state index contributed by atoms with van der Waals surface area (Å²) in [6, 6.07) is 17.1. The first kappa shape index (κ1) is 17.1. The second-order valence-corrected chi connectivity index (χ2v) is 5.88. The van der Waals surface area contributed by atoms with Crippen LogP contribution in [0.1, 0.15) is 13.3 Å². The van der Waals surface area contributed by atoms with Gasteiger partial charge in [-0.15, -0.1) is 0 Å². The topological polar surface area (TPSA) is 53.2 Å². The third-order valence-corrected chi connectivity index (χ3v) is 3.36. The van der Waals surface area contributed by atoms with Gasteiger partial charge in [0.1, 0.15) is 0 Å². The van der Waals surface area contributed by atoms with E-state index in [1.165, 1.54) is 6.92 Å². The normalized spacial score (nSPS) is 9.78. The van der Waals surface area contributed by atoms with Gasteiger partial charge in [0.05, 0.1) is 9.98 Å². The number of benzene rings is 2. The molecule has 0 atom stereocenters. The van der Waals surface area contributed by atoms with Crippen molar-refractivity contribution >= 4 is 57.4 Å². The first-order chi connectivity index (χ1) is 11.0. The molecule has 0 aliphatic rings. The molecule has 118 valence electrons. The molecule has 0 radical (unpaired) electrons. The summed E-state index contributed by atoms with van der Waals surface area (Å²) in [5, 5.41) is 8.99. The number of anilines is 3. The zero-order valence-corrected chi connectivity index (χ0v) is 14.3. The van der Waals surface area contributed by atoms with Crippen molar-refractivity contribution in [3.63, 3.8) is 0 Å². The summed E-state index contributed by atoms with van der Waals surface area (Å²) in [7, 11) is 0. The molecule has 6 heteroatoms. The summed E-state index contributed by atoms with van der Waals surface area (Å²) in [6.45, 7) is 1.47. The van der Waals surface area contributed by atoms with Crippen molar-refractivity contribution in [3.8, 4) is 0 Å². The van der Waals surface area contributed by atoms with Crippen LogP contribution in [0.5, 0.6) is 0 Å². The van der Waals surface area contributed by atoms with Gasteiger partial charge in [-0.3, -0.25) is 4.79 Å². The van der Waals surface area contributed by atoms with Gasteiger partial charge in [-0.2, -0.15) is 0 Å². The number of hydrogen-bond donors (Lipinski definition) is 3. The molecule has 2 rings (SSSR count). The highest BCUT2D eigenvalue weighted by atomic mass is 32.1. The average Bonchev–Trinajstić information content (AvgIpc) is 2.49. The molecule has 2 aromatic rings. The van der Waals surface area contributed by atoms with Crippen LogP contribution in [0.15, 0.2) is 54.6 Å². The molecule has 0 bridgehead atoms. The highest BCUT2D eigenvalue weighted by Crippen LogP contribution is 2.14. The van der Waals surface area contributed by atoms with Crippen molar-refractivity contribution < 1.29 is 4.79 Å². The molecule has 0 saturated carbocycles. The van der Waals surface area contributed by atoms with Gasteiger partial charge in [-0.1, -0.05) is 42.6 Å². The van der Waals surface area contributed by atoms with E-state index >= 15 is 0 Å². The van der Waals surface area contributed by atoms with Gasteiger partial charge in [-0.05, 0) is 36.4 Å². The molecule has 0 fully saturated rings. The van der Waals surface area contributed by atoms with E-state index in [9.17, 15) is 4.79 Å². The lowest BCUT2D eigenvalue weighted by molar-refractivity contribution is -0.114. The summed E-state index contributed by atoms with van der Waals surface area (Å²) in [5.41, 5.74) is 2.54. The van der Waals surface area contributed by atoms with E-state index in [0.717, 1.165) is 17.1 Å². The van der Waals surface area contributed by atoms with Crippen LogP contribution >= 0.6 is 24.4 Å². The fraction of sp³-hybridized carbons (Fsp3) is 0.118. The Morgan fingerprint density at radius 2 is 1.22 bits per heavy atom. The Balaban J connectivity index is 1.84. The maximum Gasteiger partial charge on any atom is 0.221 e. The van der Waals surface area contributed by atoms with Crippen LogP contribution in [-0.2, 0) is 4.79 Å².